The normalized spacial score (nSPS) is 15.6. The lowest BCUT2D eigenvalue weighted by Gasteiger charge is -2.32. The second-order valence-corrected chi connectivity index (χ2v) is 9.93. The lowest BCUT2D eigenvalue weighted by atomic mass is 9.87. The zero-order valence-electron chi connectivity index (χ0n) is 17.7. The Labute approximate surface area is 191 Å². The molecule has 4 heterocycles. The third-order valence-corrected chi connectivity index (χ3v) is 7.61. The Hall–Kier alpha value is -3.65. The van der Waals surface area contributed by atoms with Crippen LogP contribution in [0.1, 0.15) is 22.6 Å². The molecule has 0 fully saturated rings. The average molecular weight is 461 g/mol. The number of rotatable bonds is 5. The Kier molecular flexibility index (Phi) is 5.60. The van der Waals surface area contributed by atoms with Gasteiger partial charge in [-0.25, -0.2) is 18.4 Å². The van der Waals surface area contributed by atoms with E-state index >= 15 is 0 Å². The summed E-state index contributed by atoms with van der Waals surface area (Å²) in [5, 5.41) is 0. The first-order valence-electron chi connectivity index (χ1n) is 10.6. The van der Waals surface area contributed by atoms with Gasteiger partial charge in [-0.1, -0.05) is 30.3 Å². The summed E-state index contributed by atoms with van der Waals surface area (Å²) in [6.45, 7) is 0.294. The van der Waals surface area contributed by atoms with E-state index in [-0.39, 0.29) is 11.7 Å². The average Bonchev–Trinajstić information content (AvgIpc) is 2.84. The van der Waals surface area contributed by atoms with Gasteiger partial charge in [0.25, 0.3) is 0 Å². The standard InChI is InChI=1S/C25H21FN4O2S/c26-24-20(8-5-12-28-24)21(19-7-3-11-27-17-19)16-18-6-4-13-29-25(18)30-14-15-33(31,32)23-10-2-1-9-22(23)30/h1-13,17,21H,14-16H2. The molecule has 0 radical (unpaired) electrons. The molecule has 1 aromatic carbocycles. The number of hydrogen-bond acceptors (Lipinski definition) is 6. The number of fused-ring (bicyclic) bond motifs is 1. The first-order chi connectivity index (χ1) is 16.0. The predicted octanol–water partition coefficient (Wildman–Crippen LogP) is 4.31. The third-order valence-electron chi connectivity index (χ3n) is 5.87. The first kappa shape index (κ1) is 21.2. The maximum Gasteiger partial charge on any atom is 0.216 e. The fraction of sp³-hybridized carbons (Fsp3) is 0.160. The van der Waals surface area contributed by atoms with Crippen molar-refractivity contribution < 1.29 is 12.8 Å². The van der Waals surface area contributed by atoms with E-state index in [0.29, 0.717) is 34.9 Å². The van der Waals surface area contributed by atoms with Gasteiger partial charge in [0.1, 0.15) is 5.82 Å². The smallest absolute Gasteiger partial charge is 0.216 e. The van der Waals surface area contributed by atoms with Gasteiger partial charge in [-0.05, 0) is 47.9 Å². The molecular formula is C25H21FN4O2S. The van der Waals surface area contributed by atoms with Gasteiger partial charge < -0.3 is 4.90 Å². The number of hydrogen-bond donors (Lipinski definition) is 0. The minimum atomic E-state index is -3.35. The molecule has 1 aliphatic rings. The van der Waals surface area contributed by atoms with E-state index in [1.54, 1.807) is 48.9 Å². The Morgan fingerprint density at radius 1 is 0.939 bits per heavy atom. The second-order valence-electron chi connectivity index (χ2n) is 7.85. The molecule has 33 heavy (non-hydrogen) atoms. The Morgan fingerprint density at radius 2 is 1.73 bits per heavy atom. The SMILES string of the molecule is O=S1(=O)CCN(c2ncccc2CC(c2cccnc2)c2cccnc2F)c2ccccc21. The molecule has 4 aromatic rings. The van der Waals surface area contributed by atoms with Crippen molar-refractivity contribution in [3.63, 3.8) is 0 Å². The molecule has 5 rings (SSSR count). The fourth-order valence-corrected chi connectivity index (χ4v) is 5.73. The van der Waals surface area contributed by atoms with Crippen LogP contribution >= 0.6 is 0 Å². The van der Waals surface area contributed by atoms with E-state index in [2.05, 4.69) is 15.0 Å². The van der Waals surface area contributed by atoms with Crippen LogP contribution in [0, 0.1) is 5.95 Å². The van der Waals surface area contributed by atoms with Crippen LogP contribution in [0.2, 0.25) is 0 Å². The first-order valence-corrected chi connectivity index (χ1v) is 12.2. The summed E-state index contributed by atoms with van der Waals surface area (Å²) in [7, 11) is -3.35. The summed E-state index contributed by atoms with van der Waals surface area (Å²) in [6.07, 6.45) is 6.98. The number of aromatic nitrogens is 3. The van der Waals surface area contributed by atoms with Crippen LogP contribution in [0.4, 0.5) is 15.9 Å². The monoisotopic (exact) mass is 460 g/mol. The molecule has 0 saturated heterocycles. The highest BCUT2D eigenvalue weighted by molar-refractivity contribution is 7.91. The van der Waals surface area contributed by atoms with Crippen molar-refractivity contribution >= 4 is 21.3 Å². The number of halogens is 1. The van der Waals surface area contributed by atoms with Crippen LogP contribution in [-0.2, 0) is 16.3 Å². The lowest BCUT2D eigenvalue weighted by molar-refractivity contribution is 0.554. The van der Waals surface area contributed by atoms with Gasteiger partial charge in [-0.3, -0.25) is 4.98 Å². The summed E-state index contributed by atoms with van der Waals surface area (Å²) < 4.78 is 40.0. The quantitative estimate of drug-likeness (QED) is 0.413. The van der Waals surface area contributed by atoms with Gasteiger partial charge in [0, 0.05) is 42.8 Å². The zero-order chi connectivity index (χ0) is 22.8. The number of benzene rings is 1. The molecule has 166 valence electrons. The van der Waals surface area contributed by atoms with E-state index in [1.807, 2.05) is 35.2 Å². The summed E-state index contributed by atoms with van der Waals surface area (Å²) >= 11 is 0. The van der Waals surface area contributed by atoms with E-state index in [1.165, 1.54) is 6.20 Å². The maximum atomic E-state index is 14.7. The van der Waals surface area contributed by atoms with Crippen LogP contribution in [0.15, 0.2) is 90.3 Å². The number of anilines is 2. The van der Waals surface area contributed by atoms with Crippen molar-refractivity contribution in [1.82, 2.24) is 15.0 Å². The number of pyridine rings is 3. The summed E-state index contributed by atoms with van der Waals surface area (Å²) in [5.41, 5.74) is 2.82. The minimum absolute atomic E-state index is 0.00327. The van der Waals surface area contributed by atoms with E-state index < -0.39 is 15.8 Å². The molecule has 0 saturated carbocycles. The van der Waals surface area contributed by atoms with Crippen LogP contribution in [0.3, 0.4) is 0 Å². The van der Waals surface area contributed by atoms with E-state index in [4.69, 9.17) is 0 Å². The summed E-state index contributed by atoms with van der Waals surface area (Å²) in [6, 6.07) is 18.0. The molecule has 0 amide bonds. The highest BCUT2D eigenvalue weighted by atomic mass is 32.2. The molecule has 1 aliphatic heterocycles. The second kappa shape index (κ2) is 8.71. The molecule has 0 bridgehead atoms. The largest absolute Gasteiger partial charge is 0.324 e. The zero-order valence-corrected chi connectivity index (χ0v) is 18.5. The molecule has 6 nitrogen and oxygen atoms in total. The number of sulfone groups is 1. The third kappa shape index (κ3) is 4.09. The lowest BCUT2D eigenvalue weighted by Crippen LogP contribution is -2.33. The van der Waals surface area contributed by atoms with Crippen LogP contribution in [0.5, 0.6) is 0 Å². The van der Waals surface area contributed by atoms with Gasteiger partial charge in [0.15, 0.2) is 9.84 Å². The van der Waals surface area contributed by atoms with Gasteiger partial charge in [-0.2, -0.15) is 4.39 Å². The molecule has 8 heteroatoms. The predicted molar refractivity (Wildman–Crippen MR) is 124 cm³/mol. The molecule has 3 aromatic heterocycles. The van der Waals surface area contributed by atoms with Crippen LogP contribution < -0.4 is 4.90 Å². The molecule has 1 atom stereocenters. The van der Waals surface area contributed by atoms with Crippen molar-refractivity contribution in [2.24, 2.45) is 0 Å². The van der Waals surface area contributed by atoms with Gasteiger partial charge >= 0.3 is 0 Å². The van der Waals surface area contributed by atoms with Crippen molar-refractivity contribution in [3.05, 3.63) is 108 Å². The molecular weight excluding hydrogens is 439 g/mol. The highest BCUT2D eigenvalue weighted by Gasteiger charge is 2.31. The van der Waals surface area contributed by atoms with Crippen molar-refractivity contribution in [2.75, 3.05) is 17.2 Å². The highest BCUT2D eigenvalue weighted by Crippen LogP contribution is 2.38. The molecule has 0 N–H and O–H groups in total. The fourth-order valence-electron chi connectivity index (χ4n) is 4.31. The van der Waals surface area contributed by atoms with E-state index in [0.717, 1.165) is 11.1 Å². The van der Waals surface area contributed by atoms with Crippen molar-refractivity contribution in [2.45, 2.75) is 17.2 Å². The van der Waals surface area contributed by atoms with Gasteiger partial charge in [-0.15, -0.1) is 0 Å². The van der Waals surface area contributed by atoms with Gasteiger partial charge in [0.05, 0.1) is 16.3 Å². The Morgan fingerprint density at radius 3 is 2.55 bits per heavy atom. The van der Waals surface area contributed by atoms with Crippen molar-refractivity contribution in [1.29, 1.82) is 0 Å². The van der Waals surface area contributed by atoms with Gasteiger partial charge in [0.2, 0.25) is 5.95 Å². The van der Waals surface area contributed by atoms with Crippen LogP contribution in [-0.4, -0.2) is 35.7 Å². The summed E-state index contributed by atoms with van der Waals surface area (Å²) in [5.74, 6) is -0.188. The van der Waals surface area contributed by atoms with E-state index in [9.17, 15) is 12.8 Å². The van der Waals surface area contributed by atoms with Crippen molar-refractivity contribution in [3.8, 4) is 0 Å². The molecule has 0 aliphatic carbocycles. The topological polar surface area (TPSA) is 76.1 Å². The Balaban J connectivity index is 1.60. The summed E-state index contributed by atoms with van der Waals surface area (Å²) in [4.78, 5) is 14.9. The number of para-hydroxylation sites is 1. The molecule has 0 spiro atoms. The Bertz CT molecular complexity index is 1400. The maximum absolute atomic E-state index is 14.7. The molecule has 1 unspecified atom stereocenters. The van der Waals surface area contributed by atoms with Crippen LogP contribution in [0.25, 0.3) is 0 Å². The minimum Gasteiger partial charge on any atom is -0.324 e. The number of nitrogens with zero attached hydrogens (tertiary/aromatic N) is 4.